The van der Waals surface area contributed by atoms with E-state index < -0.39 is 94.4 Å². The summed E-state index contributed by atoms with van der Waals surface area (Å²) < 4.78 is 36.9. The normalized spacial score (nSPS) is 33.9. The predicted molar refractivity (Wildman–Crippen MR) is 195 cm³/mol. The fourth-order valence-electron chi connectivity index (χ4n) is 9.73. The number of aliphatic hydroxyl groups excluding tert-OH is 1. The van der Waals surface area contributed by atoms with E-state index in [1.807, 2.05) is 30.3 Å². The quantitative estimate of drug-likeness (QED) is 0.160. The highest BCUT2D eigenvalue weighted by Crippen LogP contribution is 2.68. The molecule has 13 heteroatoms. The van der Waals surface area contributed by atoms with Crippen LogP contribution in [0.1, 0.15) is 77.2 Å². The van der Waals surface area contributed by atoms with Crippen molar-refractivity contribution in [2.75, 3.05) is 6.61 Å². The molecule has 3 aliphatic carbocycles. The van der Waals surface area contributed by atoms with E-state index in [1.54, 1.807) is 38.1 Å². The zero-order valence-corrected chi connectivity index (χ0v) is 32.0. The Morgan fingerprint density at radius 1 is 0.855 bits per heavy atom. The molecule has 0 unspecified atom stereocenters. The molecule has 2 N–H and O–H groups in total. The molecule has 6 rings (SSSR count). The first-order valence-corrected chi connectivity index (χ1v) is 18.3. The summed E-state index contributed by atoms with van der Waals surface area (Å²) >= 11 is 0. The number of ether oxygens (including phenoxy) is 6. The molecule has 13 nitrogen and oxygen atoms in total. The van der Waals surface area contributed by atoms with Crippen molar-refractivity contribution in [1.29, 1.82) is 0 Å². The van der Waals surface area contributed by atoms with Crippen LogP contribution in [0.15, 0.2) is 77.9 Å². The molecule has 1 aliphatic heterocycles. The van der Waals surface area contributed by atoms with Crippen molar-refractivity contribution in [2.45, 2.75) is 109 Å². The zero-order chi connectivity index (χ0) is 40.1. The fourth-order valence-corrected chi connectivity index (χ4v) is 9.73. The van der Waals surface area contributed by atoms with Gasteiger partial charge in [-0.25, -0.2) is 9.59 Å². The minimum absolute atomic E-state index is 0.0414. The van der Waals surface area contributed by atoms with Crippen LogP contribution in [0.4, 0.5) is 0 Å². The molecule has 0 bridgehead atoms. The first-order chi connectivity index (χ1) is 25.9. The second-order valence-electron chi connectivity index (χ2n) is 15.7. The maximum atomic E-state index is 14.1. The fraction of sp³-hybridized carbons (Fsp3) is 0.500. The second kappa shape index (κ2) is 14.7. The third-order valence-electron chi connectivity index (χ3n) is 12.0. The van der Waals surface area contributed by atoms with E-state index in [1.165, 1.54) is 52.8 Å². The lowest BCUT2D eigenvalue weighted by molar-refractivity contribution is -0.352. The van der Waals surface area contributed by atoms with Crippen LogP contribution in [0.3, 0.4) is 0 Å². The van der Waals surface area contributed by atoms with Crippen molar-refractivity contribution in [3.63, 3.8) is 0 Å². The molecule has 4 aliphatic rings. The highest BCUT2D eigenvalue weighted by molar-refractivity contribution is 5.89. The summed E-state index contributed by atoms with van der Waals surface area (Å²) in [5.41, 5.74) is -5.62. The third-order valence-corrected chi connectivity index (χ3v) is 12.0. The van der Waals surface area contributed by atoms with Crippen LogP contribution in [0, 0.1) is 16.7 Å². The molecule has 2 aromatic carbocycles. The summed E-state index contributed by atoms with van der Waals surface area (Å²) in [4.78, 5) is 66.7. The van der Waals surface area contributed by atoms with Crippen molar-refractivity contribution < 1.29 is 62.6 Å². The average molecular weight is 761 g/mol. The van der Waals surface area contributed by atoms with Gasteiger partial charge in [-0.15, -0.1) is 0 Å². The number of fused-ring (bicyclic) bond motifs is 4. The van der Waals surface area contributed by atoms with E-state index in [4.69, 9.17) is 28.4 Å². The Bertz CT molecular complexity index is 1900. The first-order valence-electron chi connectivity index (χ1n) is 18.3. The zero-order valence-electron chi connectivity index (χ0n) is 32.0. The Labute approximate surface area is 319 Å². The van der Waals surface area contributed by atoms with Gasteiger partial charge in [0.25, 0.3) is 0 Å². The van der Waals surface area contributed by atoms with Crippen LogP contribution < -0.4 is 0 Å². The Morgan fingerprint density at radius 2 is 1.47 bits per heavy atom. The van der Waals surface area contributed by atoms with Crippen molar-refractivity contribution >= 4 is 35.9 Å². The standard InChI is InChI=1S/C42H48O13/c1-23-29(53-32(46)19-18-27-14-10-8-11-15-27)21-41(39(5,6)49)33(23)34(47)36(54-38(48)28-16-12-9-13-17-28)40(7)30(51-24(2)43)20-31-42(22-50-31,55-26(4)45)35(40)37(41)52-25(3)44/h8-19,29-31,34-37,47,49H,20-22H2,1-7H3/b19-18+/t29-,30+,31+,34+,35+,36-,37+,40+,41-,42-/m0/s1. The van der Waals surface area contributed by atoms with Crippen LogP contribution in [0.2, 0.25) is 0 Å². The van der Waals surface area contributed by atoms with E-state index >= 15 is 0 Å². The van der Waals surface area contributed by atoms with Crippen molar-refractivity contribution in [1.82, 2.24) is 0 Å². The van der Waals surface area contributed by atoms with Gasteiger partial charge in [-0.05, 0) is 55.7 Å². The lowest BCUT2D eigenvalue weighted by Crippen LogP contribution is -2.79. The Kier molecular flexibility index (Phi) is 10.6. The summed E-state index contributed by atoms with van der Waals surface area (Å²) in [6, 6.07) is 17.2. The van der Waals surface area contributed by atoms with Gasteiger partial charge >= 0.3 is 29.8 Å². The number of esters is 5. The molecule has 1 saturated heterocycles. The molecule has 3 fully saturated rings. The summed E-state index contributed by atoms with van der Waals surface area (Å²) in [5.74, 6) is -4.98. The smallest absolute Gasteiger partial charge is 0.338 e. The Balaban J connectivity index is 1.62. The van der Waals surface area contributed by atoms with Gasteiger partial charge in [-0.1, -0.05) is 55.5 Å². The second-order valence-corrected chi connectivity index (χ2v) is 15.7. The molecule has 0 spiro atoms. The van der Waals surface area contributed by atoms with Gasteiger partial charge in [0.05, 0.1) is 34.5 Å². The number of carbonyl (C=O) groups excluding carboxylic acids is 5. The number of rotatable bonds is 9. The highest BCUT2D eigenvalue weighted by Gasteiger charge is 2.80. The minimum atomic E-state index is -1.88. The largest absolute Gasteiger partial charge is 0.462 e. The predicted octanol–water partition coefficient (Wildman–Crippen LogP) is 4.28. The average Bonchev–Trinajstić information content (AvgIpc) is 3.38. The van der Waals surface area contributed by atoms with E-state index in [2.05, 4.69) is 0 Å². The maximum Gasteiger partial charge on any atom is 0.338 e. The molecule has 0 radical (unpaired) electrons. The molecule has 10 atom stereocenters. The number of aliphatic hydroxyl groups is 2. The van der Waals surface area contributed by atoms with E-state index in [0.29, 0.717) is 5.57 Å². The van der Waals surface area contributed by atoms with Crippen LogP contribution in [-0.2, 0) is 47.6 Å². The van der Waals surface area contributed by atoms with E-state index in [0.717, 1.165) is 5.56 Å². The summed E-state index contributed by atoms with van der Waals surface area (Å²) in [5, 5.41) is 25.4. The van der Waals surface area contributed by atoms with Crippen molar-refractivity contribution in [3.05, 3.63) is 89.0 Å². The SMILES string of the molecule is CC(=O)O[C@@H]1[C@H]2[C@]3(OC(C)=O)CO[C@@H]3C[C@@H](OC(C)=O)[C@@]2(C)[C@@H](OC(=O)c2ccccc2)[C@H](O)C2=C(C)[C@@H](OC(=O)/C=C/c3ccccc3)C[C@]21C(C)(C)O. The van der Waals surface area contributed by atoms with Gasteiger partial charge in [0.1, 0.15) is 36.6 Å². The monoisotopic (exact) mass is 760 g/mol. The molecule has 1 heterocycles. The first kappa shape index (κ1) is 39.8. The molecule has 0 amide bonds. The third kappa shape index (κ3) is 6.76. The van der Waals surface area contributed by atoms with E-state index in [9.17, 15) is 34.2 Å². The van der Waals surface area contributed by atoms with Crippen molar-refractivity contribution in [2.24, 2.45) is 16.7 Å². The number of benzene rings is 2. The van der Waals surface area contributed by atoms with Gasteiger partial charge in [0.2, 0.25) is 0 Å². The molecule has 294 valence electrons. The molecular weight excluding hydrogens is 712 g/mol. The maximum absolute atomic E-state index is 14.1. The number of carbonyl (C=O) groups is 5. The summed E-state index contributed by atoms with van der Waals surface area (Å²) in [7, 11) is 0. The number of hydrogen-bond donors (Lipinski definition) is 2. The van der Waals surface area contributed by atoms with Gasteiger partial charge in [0.15, 0.2) is 5.60 Å². The van der Waals surface area contributed by atoms with Gasteiger partial charge in [-0.3, -0.25) is 14.4 Å². The van der Waals surface area contributed by atoms with Crippen molar-refractivity contribution in [3.8, 4) is 0 Å². The van der Waals surface area contributed by atoms with Crippen LogP contribution in [0.5, 0.6) is 0 Å². The highest BCUT2D eigenvalue weighted by atomic mass is 16.6. The Morgan fingerprint density at radius 3 is 2.02 bits per heavy atom. The summed E-state index contributed by atoms with van der Waals surface area (Å²) in [6.07, 6.45) is -5.40. The molecule has 0 aromatic heterocycles. The molecular formula is C42H48O13. The van der Waals surface area contributed by atoms with E-state index in [-0.39, 0.29) is 30.6 Å². The van der Waals surface area contributed by atoms with Gasteiger partial charge < -0.3 is 38.6 Å². The molecule has 2 aromatic rings. The lowest BCUT2D eigenvalue weighted by atomic mass is 9.49. The topological polar surface area (TPSA) is 181 Å². The van der Waals surface area contributed by atoms with Crippen LogP contribution in [0.25, 0.3) is 6.08 Å². The summed E-state index contributed by atoms with van der Waals surface area (Å²) in [6.45, 7) is 9.64. The lowest BCUT2D eigenvalue weighted by Gasteiger charge is -2.65. The number of hydrogen-bond acceptors (Lipinski definition) is 13. The molecule has 55 heavy (non-hydrogen) atoms. The Hall–Kier alpha value is -4.85. The van der Waals surface area contributed by atoms with Crippen LogP contribution in [-0.4, -0.2) is 94.5 Å². The molecule has 2 saturated carbocycles. The van der Waals surface area contributed by atoms with Gasteiger partial charge in [0, 0.05) is 39.7 Å². The minimum Gasteiger partial charge on any atom is -0.462 e. The van der Waals surface area contributed by atoms with Crippen LogP contribution >= 0.6 is 0 Å². The van der Waals surface area contributed by atoms with Gasteiger partial charge in [-0.2, -0.15) is 0 Å².